The van der Waals surface area contributed by atoms with E-state index in [0.717, 1.165) is 24.4 Å². The number of nitrogens with two attached hydrogens (primary N) is 1. The molecule has 1 aromatic heterocycles. The summed E-state index contributed by atoms with van der Waals surface area (Å²) < 4.78 is 2.06. The highest BCUT2D eigenvalue weighted by Crippen LogP contribution is 2.20. The van der Waals surface area contributed by atoms with E-state index in [1.54, 1.807) is 0 Å². The van der Waals surface area contributed by atoms with E-state index in [1.165, 1.54) is 0 Å². The molecule has 0 fully saturated rings. The van der Waals surface area contributed by atoms with E-state index in [9.17, 15) is 4.79 Å². The van der Waals surface area contributed by atoms with Gasteiger partial charge in [-0.25, -0.2) is 0 Å². The van der Waals surface area contributed by atoms with Crippen molar-refractivity contribution < 1.29 is 4.79 Å². The van der Waals surface area contributed by atoms with Gasteiger partial charge in [0.05, 0.1) is 0 Å². The lowest BCUT2D eigenvalue weighted by atomic mass is 10.1. The fraction of sp³-hybridized carbons (Fsp3) is 0.688. The third-order valence-electron chi connectivity index (χ3n) is 3.95. The van der Waals surface area contributed by atoms with Gasteiger partial charge in [0.1, 0.15) is 6.04 Å². The summed E-state index contributed by atoms with van der Waals surface area (Å²) in [7, 11) is 0. The SMILES string of the molecule is Cc1ccc(C)n1C(CCN(C(C)C)C(C)C)C(N)=O. The zero-order valence-corrected chi connectivity index (χ0v) is 13.7. The number of primary amides is 1. The van der Waals surface area contributed by atoms with Gasteiger partial charge in [-0.15, -0.1) is 0 Å². The van der Waals surface area contributed by atoms with E-state index in [1.807, 2.05) is 26.0 Å². The molecule has 0 radical (unpaired) electrons. The van der Waals surface area contributed by atoms with Crippen molar-refractivity contribution in [2.75, 3.05) is 6.54 Å². The molecule has 0 saturated carbocycles. The zero-order chi connectivity index (χ0) is 15.4. The second kappa shape index (κ2) is 6.93. The number of carbonyl (C=O) groups excluding carboxylic acids is 1. The molecule has 4 nitrogen and oxygen atoms in total. The number of hydrogen-bond acceptors (Lipinski definition) is 2. The minimum absolute atomic E-state index is 0.250. The number of amides is 1. The third kappa shape index (κ3) is 3.85. The normalized spacial score (nSPS) is 13.4. The van der Waals surface area contributed by atoms with Gasteiger partial charge in [-0.3, -0.25) is 9.69 Å². The van der Waals surface area contributed by atoms with Crippen LogP contribution in [0.2, 0.25) is 0 Å². The van der Waals surface area contributed by atoms with Crippen LogP contribution in [0.4, 0.5) is 0 Å². The Bertz CT molecular complexity index is 421. The van der Waals surface area contributed by atoms with Gasteiger partial charge in [0, 0.05) is 30.0 Å². The smallest absolute Gasteiger partial charge is 0.240 e. The van der Waals surface area contributed by atoms with Crippen molar-refractivity contribution in [1.82, 2.24) is 9.47 Å². The molecule has 1 atom stereocenters. The Morgan fingerprint density at radius 1 is 1.15 bits per heavy atom. The first-order chi connectivity index (χ1) is 9.25. The van der Waals surface area contributed by atoms with Gasteiger partial charge in [0.2, 0.25) is 5.91 Å². The molecule has 1 unspecified atom stereocenters. The molecule has 0 aromatic carbocycles. The maximum Gasteiger partial charge on any atom is 0.240 e. The van der Waals surface area contributed by atoms with Gasteiger partial charge in [-0.2, -0.15) is 0 Å². The quantitative estimate of drug-likeness (QED) is 0.834. The van der Waals surface area contributed by atoms with Gasteiger partial charge < -0.3 is 10.3 Å². The molecule has 0 aliphatic carbocycles. The number of hydrogen-bond donors (Lipinski definition) is 1. The van der Waals surface area contributed by atoms with Gasteiger partial charge in [0.25, 0.3) is 0 Å². The molecule has 1 heterocycles. The summed E-state index contributed by atoms with van der Waals surface area (Å²) >= 11 is 0. The second-order valence-corrected chi connectivity index (χ2v) is 6.12. The lowest BCUT2D eigenvalue weighted by Gasteiger charge is -2.32. The van der Waals surface area contributed by atoms with Crippen molar-refractivity contribution >= 4 is 5.91 Å². The van der Waals surface area contributed by atoms with Crippen LogP contribution in [-0.2, 0) is 4.79 Å². The van der Waals surface area contributed by atoms with E-state index in [-0.39, 0.29) is 11.9 Å². The summed E-state index contributed by atoms with van der Waals surface area (Å²) in [5, 5.41) is 0. The van der Waals surface area contributed by atoms with E-state index in [0.29, 0.717) is 12.1 Å². The maximum absolute atomic E-state index is 11.8. The van der Waals surface area contributed by atoms with Crippen molar-refractivity contribution in [3.8, 4) is 0 Å². The van der Waals surface area contributed by atoms with E-state index in [2.05, 4.69) is 37.2 Å². The number of carbonyl (C=O) groups is 1. The molecule has 114 valence electrons. The molecule has 0 aliphatic heterocycles. The molecule has 0 aliphatic rings. The molecule has 0 saturated heterocycles. The number of rotatable bonds is 7. The molecule has 1 rings (SSSR count). The van der Waals surface area contributed by atoms with E-state index >= 15 is 0 Å². The monoisotopic (exact) mass is 279 g/mol. The van der Waals surface area contributed by atoms with Crippen LogP contribution in [0.15, 0.2) is 12.1 Å². The zero-order valence-electron chi connectivity index (χ0n) is 13.7. The van der Waals surface area contributed by atoms with E-state index in [4.69, 9.17) is 5.73 Å². The van der Waals surface area contributed by atoms with Crippen molar-refractivity contribution in [3.05, 3.63) is 23.5 Å². The third-order valence-corrected chi connectivity index (χ3v) is 3.95. The minimum atomic E-state index is -0.259. The fourth-order valence-electron chi connectivity index (χ4n) is 2.95. The summed E-state index contributed by atoms with van der Waals surface area (Å²) in [4.78, 5) is 14.2. The first kappa shape index (κ1) is 16.8. The molecular weight excluding hydrogens is 250 g/mol. The largest absolute Gasteiger partial charge is 0.368 e. The summed E-state index contributed by atoms with van der Waals surface area (Å²) in [5.41, 5.74) is 7.81. The highest BCUT2D eigenvalue weighted by atomic mass is 16.1. The van der Waals surface area contributed by atoms with E-state index < -0.39 is 0 Å². The van der Waals surface area contributed by atoms with Crippen LogP contribution >= 0.6 is 0 Å². The van der Waals surface area contributed by atoms with Crippen molar-refractivity contribution in [2.45, 2.75) is 66.1 Å². The van der Waals surface area contributed by atoms with Crippen LogP contribution in [0.3, 0.4) is 0 Å². The Hall–Kier alpha value is -1.29. The predicted octanol–water partition coefficient (Wildman–Crippen LogP) is 2.64. The molecule has 4 heteroatoms. The first-order valence-electron chi connectivity index (χ1n) is 7.45. The van der Waals surface area contributed by atoms with Gasteiger partial charge in [-0.05, 0) is 60.1 Å². The Kier molecular flexibility index (Phi) is 5.81. The highest BCUT2D eigenvalue weighted by Gasteiger charge is 2.22. The first-order valence-corrected chi connectivity index (χ1v) is 7.45. The van der Waals surface area contributed by atoms with Crippen molar-refractivity contribution in [3.63, 3.8) is 0 Å². The topological polar surface area (TPSA) is 51.3 Å². The standard InChI is InChI=1S/C16H29N3O/c1-11(2)18(12(3)4)10-9-15(16(17)20)19-13(5)7-8-14(19)6/h7-8,11-12,15H,9-10H2,1-6H3,(H2,17,20). The van der Waals surface area contributed by atoms with Crippen LogP contribution in [0, 0.1) is 13.8 Å². The molecule has 2 N–H and O–H groups in total. The van der Waals surface area contributed by atoms with Gasteiger partial charge in [0.15, 0.2) is 0 Å². The lowest BCUT2D eigenvalue weighted by molar-refractivity contribution is -0.121. The summed E-state index contributed by atoms with van der Waals surface area (Å²) in [6.07, 6.45) is 0.752. The number of aryl methyl sites for hydroxylation is 2. The maximum atomic E-state index is 11.8. The Morgan fingerprint density at radius 2 is 1.60 bits per heavy atom. The average molecular weight is 279 g/mol. The summed E-state index contributed by atoms with van der Waals surface area (Å²) in [5.74, 6) is -0.250. The van der Waals surface area contributed by atoms with Crippen molar-refractivity contribution in [1.29, 1.82) is 0 Å². The van der Waals surface area contributed by atoms with Crippen LogP contribution < -0.4 is 5.73 Å². The Labute approximate surface area is 122 Å². The van der Waals surface area contributed by atoms with Crippen LogP contribution in [-0.4, -0.2) is 34.0 Å². The molecule has 0 bridgehead atoms. The molecular formula is C16H29N3O. The predicted molar refractivity (Wildman–Crippen MR) is 83.7 cm³/mol. The minimum Gasteiger partial charge on any atom is -0.368 e. The van der Waals surface area contributed by atoms with Crippen LogP contribution in [0.5, 0.6) is 0 Å². The molecule has 0 spiro atoms. The van der Waals surface area contributed by atoms with Gasteiger partial charge >= 0.3 is 0 Å². The second-order valence-electron chi connectivity index (χ2n) is 6.12. The van der Waals surface area contributed by atoms with Crippen LogP contribution in [0.25, 0.3) is 0 Å². The summed E-state index contributed by atoms with van der Waals surface area (Å²) in [6, 6.07) is 4.75. The Morgan fingerprint density at radius 3 is 1.95 bits per heavy atom. The molecule has 20 heavy (non-hydrogen) atoms. The van der Waals surface area contributed by atoms with Crippen LogP contribution in [0.1, 0.15) is 51.5 Å². The molecule has 1 aromatic rings. The highest BCUT2D eigenvalue weighted by molar-refractivity contribution is 5.78. The number of aromatic nitrogens is 1. The average Bonchev–Trinajstić information content (AvgIpc) is 2.64. The number of nitrogens with zero attached hydrogens (tertiary/aromatic N) is 2. The fourth-order valence-corrected chi connectivity index (χ4v) is 2.95. The molecule has 1 amide bonds. The van der Waals surface area contributed by atoms with Crippen molar-refractivity contribution in [2.24, 2.45) is 5.73 Å². The lowest BCUT2D eigenvalue weighted by Crippen LogP contribution is -2.40. The summed E-state index contributed by atoms with van der Waals surface area (Å²) in [6.45, 7) is 13.7. The Balaban J connectivity index is 2.87. The van der Waals surface area contributed by atoms with Gasteiger partial charge in [-0.1, -0.05) is 0 Å².